The van der Waals surface area contributed by atoms with Crippen LogP contribution in [0.2, 0.25) is 0 Å². The summed E-state index contributed by atoms with van der Waals surface area (Å²) in [6.07, 6.45) is 10.8. The zero-order chi connectivity index (χ0) is 17.1. The predicted molar refractivity (Wildman–Crippen MR) is 99.6 cm³/mol. The fourth-order valence-corrected chi connectivity index (χ4v) is 3.22. The van der Waals surface area contributed by atoms with Gasteiger partial charge in [0.15, 0.2) is 5.82 Å². The van der Waals surface area contributed by atoms with E-state index in [1.807, 2.05) is 28.8 Å². The monoisotopic (exact) mass is 334 g/mol. The van der Waals surface area contributed by atoms with Crippen molar-refractivity contribution in [2.75, 3.05) is 18.4 Å². The minimum absolute atomic E-state index is 0.415. The van der Waals surface area contributed by atoms with E-state index in [4.69, 9.17) is 4.98 Å². The van der Waals surface area contributed by atoms with Crippen molar-refractivity contribution in [1.82, 2.24) is 24.7 Å². The molecule has 2 N–H and O–H groups in total. The lowest BCUT2D eigenvalue weighted by atomic mass is 10.1. The maximum absolute atomic E-state index is 4.70. The topological polar surface area (TPSA) is 67.1 Å². The molecule has 4 heterocycles. The number of rotatable bonds is 5. The Morgan fingerprint density at radius 3 is 3.12 bits per heavy atom. The first-order chi connectivity index (χ1) is 12.3. The van der Waals surface area contributed by atoms with E-state index in [-0.39, 0.29) is 0 Å². The van der Waals surface area contributed by atoms with E-state index in [1.165, 1.54) is 12.0 Å². The van der Waals surface area contributed by atoms with E-state index in [9.17, 15) is 0 Å². The van der Waals surface area contributed by atoms with Gasteiger partial charge in [0, 0.05) is 25.0 Å². The first-order valence-corrected chi connectivity index (χ1v) is 8.71. The Kier molecular flexibility index (Phi) is 4.43. The zero-order valence-electron chi connectivity index (χ0n) is 14.2. The standard InChI is InChI=1S/C19H22N6/c1-2-4-14-6-7-18-22-12-16(25(18)13-14)19-21-10-8-17(24-19)23-15-5-3-9-20-11-15/h2,6-8,10,12-13,15,20H,1,3-5,9,11H2,(H,21,23,24). The van der Waals surface area contributed by atoms with Crippen LogP contribution in [-0.4, -0.2) is 38.5 Å². The maximum atomic E-state index is 4.70. The molecule has 0 radical (unpaired) electrons. The van der Waals surface area contributed by atoms with Crippen LogP contribution >= 0.6 is 0 Å². The van der Waals surface area contributed by atoms with E-state index >= 15 is 0 Å². The fraction of sp³-hybridized carbons (Fsp3) is 0.316. The summed E-state index contributed by atoms with van der Waals surface area (Å²) in [6, 6.07) is 6.42. The minimum Gasteiger partial charge on any atom is -0.366 e. The Morgan fingerprint density at radius 1 is 1.32 bits per heavy atom. The van der Waals surface area contributed by atoms with Crippen LogP contribution in [0.5, 0.6) is 0 Å². The number of fused-ring (bicyclic) bond motifs is 1. The SMILES string of the molecule is C=CCc1ccc2ncc(-c3nccc(NC4CCCNC4)n3)n2c1. The molecular formula is C19H22N6. The highest BCUT2D eigenvalue weighted by atomic mass is 15.1. The summed E-state index contributed by atoms with van der Waals surface area (Å²) in [5, 5.41) is 6.92. The molecule has 4 rings (SSSR count). The summed E-state index contributed by atoms with van der Waals surface area (Å²) >= 11 is 0. The van der Waals surface area contributed by atoms with E-state index in [2.05, 4.69) is 39.4 Å². The number of anilines is 1. The van der Waals surface area contributed by atoms with Crippen molar-refractivity contribution in [2.45, 2.75) is 25.3 Å². The smallest absolute Gasteiger partial charge is 0.180 e. The number of hydrogen-bond acceptors (Lipinski definition) is 5. The van der Waals surface area contributed by atoms with Gasteiger partial charge in [-0.15, -0.1) is 6.58 Å². The summed E-state index contributed by atoms with van der Waals surface area (Å²) < 4.78 is 2.04. The van der Waals surface area contributed by atoms with Crippen LogP contribution in [0.1, 0.15) is 18.4 Å². The van der Waals surface area contributed by atoms with Crippen LogP contribution in [0.3, 0.4) is 0 Å². The molecule has 3 aromatic heterocycles. The fourth-order valence-electron chi connectivity index (χ4n) is 3.22. The lowest BCUT2D eigenvalue weighted by molar-refractivity contribution is 0.479. The van der Waals surface area contributed by atoms with Crippen LogP contribution in [0.4, 0.5) is 5.82 Å². The third-order valence-electron chi connectivity index (χ3n) is 4.48. The molecule has 0 aromatic carbocycles. The molecule has 3 aromatic rings. The molecule has 1 atom stereocenters. The third-order valence-corrected chi connectivity index (χ3v) is 4.48. The summed E-state index contributed by atoms with van der Waals surface area (Å²) in [4.78, 5) is 13.6. The molecule has 1 saturated heterocycles. The molecule has 1 aliphatic heterocycles. The quantitative estimate of drug-likeness (QED) is 0.702. The van der Waals surface area contributed by atoms with Crippen LogP contribution in [0.25, 0.3) is 17.2 Å². The Balaban J connectivity index is 1.64. The zero-order valence-corrected chi connectivity index (χ0v) is 14.2. The van der Waals surface area contributed by atoms with Gasteiger partial charge in [-0.1, -0.05) is 12.1 Å². The lowest BCUT2D eigenvalue weighted by Crippen LogP contribution is -2.38. The highest BCUT2D eigenvalue weighted by Crippen LogP contribution is 2.20. The molecule has 6 nitrogen and oxygen atoms in total. The van der Waals surface area contributed by atoms with Gasteiger partial charge >= 0.3 is 0 Å². The van der Waals surface area contributed by atoms with Gasteiger partial charge in [-0.2, -0.15) is 0 Å². The molecule has 0 amide bonds. The van der Waals surface area contributed by atoms with Crippen LogP contribution in [0, 0.1) is 0 Å². The summed E-state index contributed by atoms with van der Waals surface area (Å²) in [5.74, 6) is 1.54. The normalized spacial score (nSPS) is 17.5. The van der Waals surface area contributed by atoms with Crippen LogP contribution < -0.4 is 10.6 Å². The van der Waals surface area contributed by atoms with Gasteiger partial charge in [-0.25, -0.2) is 15.0 Å². The Morgan fingerprint density at radius 2 is 2.28 bits per heavy atom. The number of piperidine rings is 1. The second-order valence-electron chi connectivity index (χ2n) is 6.35. The summed E-state index contributed by atoms with van der Waals surface area (Å²) in [5.41, 5.74) is 2.97. The Bertz CT molecular complexity index is 879. The number of aromatic nitrogens is 4. The number of hydrogen-bond donors (Lipinski definition) is 2. The molecule has 25 heavy (non-hydrogen) atoms. The summed E-state index contributed by atoms with van der Waals surface area (Å²) in [6.45, 7) is 5.88. The first kappa shape index (κ1) is 15.8. The highest BCUT2D eigenvalue weighted by molar-refractivity contribution is 5.58. The van der Waals surface area contributed by atoms with Gasteiger partial charge in [-0.3, -0.25) is 4.40 Å². The van der Waals surface area contributed by atoms with Gasteiger partial charge in [0.05, 0.1) is 6.20 Å². The molecule has 0 saturated carbocycles. The van der Waals surface area contributed by atoms with Gasteiger partial charge in [-0.05, 0) is 43.5 Å². The Hall–Kier alpha value is -2.73. The van der Waals surface area contributed by atoms with Gasteiger partial charge in [0.2, 0.25) is 0 Å². The molecule has 6 heteroatoms. The van der Waals surface area contributed by atoms with Crippen LogP contribution in [0.15, 0.2) is 49.4 Å². The number of nitrogens with one attached hydrogen (secondary N) is 2. The maximum Gasteiger partial charge on any atom is 0.180 e. The molecule has 0 aliphatic carbocycles. The van der Waals surface area contributed by atoms with Crippen molar-refractivity contribution in [3.8, 4) is 11.5 Å². The first-order valence-electron chi connectivity index (χ1n) is 8.71. The number of nitrogens with zero attached hydrogens (tertiary/aromatic N) is 4. The average Bonchev–Trinajstić information content (AvgIpc) is 3.06. The molecule has 0 spiro atoms. The minimum atomic E-state index is 0.415. The van der Waals surface area contributed by atoms with Crippen molar-refractivity contribution in [3.05, 3.63) is 55.0 Å². The molecule has 0 bridgehead atoms. The van der Waals surface area contributed by atoms with Crippen molar-refractivity contribution in [2.24, 2.45) is 0 Å². The van der Waals surface area contributed by atoms with Gasteiger partial charge < -0.3 is 10.6 Å². The number of allylic oxidation sites excluding steroid dienone is 1. The average molecular weight is 334 g/mol. The largest absolute Gasteiger partial charge is 0.366 e. The number of pyridine rings is 1. The molecule has 1 fully saturated rings. The van der Waals surface area contributed by atoms with E-state index < -0.39 is 0 Å². The van der Waals surface area contributed by atoms with Gasteiger partial charge in [0.1, 0.15) is 17.2 Å². The molecule has 1 aliphatic rings. The lowest BCUT2D eigenvalue weighted by Gasteiger charge is -2.24. The molecule has 128 valence electrons. The van der Waals surface area contributed by atoms with Crippen molar-refractivity contribution in [1.29, 1.82) is 0 Å². The van der Waals surface area contributed by atoms with Crippen LogP contribution in [-0.2, 0) is 6.42 Å². The van der Waals surface area contributed by atoms with E-state index in [0.29, 0.717) is 11.9 Å². The van der Waals surface area contributed by atoms with Gasteiger partial charge in [0.25, 0.3) is 0 Å². The second-order valence-corrected chi connectivity index (χ2v) is 6.35. The van der Waals surface area contributed by atoms with E-state index in [0.717, 1.165) is 43.1 Å². The molecular weight excluding hydrogens is 312 g/mol. The number of imidazole rings is 1. The Labute approximate surface area is 147 Å². The molecule has 1 unspecified atom stereocenters. The van der Waals surface area contributed by atoms with Crippen molar-refractivity contribution in [3.63, 3.8) is 0 Å². The van der Waals surface area contributed by atoms with E-state index in [1.54, 1.807) is 6.20 Å². The second kappa shape index (κ2) is 7.03. The summed E-state index contributed by atoms with van der Waals surface area (Å²) in [7, 11) is 0. The van der Waals surface area contributed by atoms with Crippen molar-refractivity contribution >= 4 is 11.5 Å². The predicted octanol–water partition coefficient (Wildman–Crippen LogP) is 2.68. The van der Waals surface area contributed by atoms with Crippen molar-refractivity contribution < 1.29 is 0 Å². The highest BCUT2D eigenvalue weighted by Gasteiger charge is 2.14. The third kappa shape index (κ3) is 3.39.